The lowest BCUT2D eigenvalue weighted by atomic mass is 10.0. The first-order valence-corrected chi connectivity index (χ1v) is 8.41. The van der Waals surface area contributed by atoms with Crippen LogP contribution < -0.4 is 5.32 Å². The van der Waals surface area contributed by atoms with Crippen molar-refractivity contribution in [3.8, 4) is 0 Å². The minimum Gasteiger partial charge on any atom is -0.352 e. The summed E-state index contributed by atoms with van der Waals surface area (Å²) in [6.45, 7) is 5.32. The Morgan fingerprint density at radius 2 is 2.10 bits per heavy atom. The molecule has 1 fully saturated rings. The summed E-state index contributed by atoms with van der Waals surface area (Å²) in [4.78, 5) is 14.5. The molecule has 4 heteroatoms. The lowest BCUT2D eigenvalue weighted by molar-refractivity contribution is 0.0949. The molecule has 1 aliphatic heterocycles. The van der Waals surface area contributed by atoms with Crippen LogP contribution in [0.1, 0.15) is 48.5 Å². The first-order valence-electron chi connectivity index (χ1n) is 7.88. The summed E-state index contributed by atoms with van der Waals surface area (Å²) in [6.07, 6.45) is 4.98. The van der Waals surface area contributed by atoms with Crippen molar-refractivity contribution in [1.29, 1.82) is 0 Å². The summed E-state index contributed by atoms with van der Waals surface area (Å²) in [6, 6.07) is 8.16. The van der Waals surface area contributed by atoms with E-state index in [1.54, 1.807) is 0 Å². The van der Waals surface area contributed by atoms with E-state index >= 15 is 0 Å². The van der Waals surface area contributed by atoms with E-state index in [4.69, 9.17) is 11.6 Å². The summed E-state index contributed by atoms with van der Waals surface area (Å²) < 4.78 is 0. The van der Waals surface area contributed by atoms with Gasteiger partial charge in [0.15, 0.2) is 0 Å². The maximum atomic E-state index is 12.0. The average molecular weight is 309 g/mol. The first kappa shape index (κ1) is 16.3. The number of halogens is 1. The van der Waals surface area contributed by atoms with Gasteiger partial charge in [-0.2, -0.15) is 0 Å². The zero-order valence-electron chi connectivity index (χ0n) is 12.8. The summed E-state index contributed by atoms with van der Waals surface area (Å²) in [5.41, 5.74) is 1.74. The second kappa shape index (κ2) is 8.40. The number of hydrogen-bond donors (Lipinski definition) is 1. The Kier molecular flexibility index (Phi) is 6.52. The van der Waals surface area contributed by atoms with Gasteiger partial charge in [-0.05, 0) is 50.4 Å². The van der Waals surface area contributed by atoms with Gasteiger partial charge in [0.1, 0.15) is 0 Å². The third-order valence-corrected chi connectivity index (χ3v) is 4.53. The van der Waals surface area contributed by atoms with E-state index in [0.717, 1.165) is 25.1 Å². The Balaban J connectivity index is 1.68. The smallest absolute Gasteiger partial charge is 0.251 e. The number of nitrogens with one attached hydrogen (secondary N) is 1. The van der Waals surface area contributed by atoms with Gasteiger partial charge in [0.25, 0.3) is 5.91 Å². The van der Waals surface area contributed by atoms with E-state index in [1.807, 2.05) is 24.3 Å². The Morgan fingerprint density at radius 3 is 2.76 bits per heavy atom. The molecule has 1 aromatic rings. The summed E-state index contributed by atoms with van der Waals surface area (Å²) in [5.74, 6) is 0.485. The number of carbonyl (C=O) groups excluding carboxylic acids is 1. The fourth-order valence-electron chi connectivity index (χ4n) is 2.82. The summed E-state index contributed by atoms with van der Waals surface area (Å²) in [5, 5.41) is 2.99. The largest absolute Gasteiger partial charge is 0.352 e. The topological polar surface area (TPSA) is 32.3 Å². The predicted molar refractivity (Wildman–Crippen MR) is 87.8 cm³/mol. The number of nitrogens with zero attached hydrogens (tertiary/aromatic N) is 1. The molecule has 1 amide bonds. The molecule has 1 aliphatic rings. The molecule has 21 heavy (non-hydrogen) atoms. The van der Waals surface area contributed by atoms with E-state index in [2.05, 4.69) is 17.1 Å². The van der Waals surface area contributed by atoms with Gasteiger partial charge < -0.3 is 10.2 Å². The van der Waals surface area contributed by atoms with Crippen molar-refractivity contribution in [2.45, 2.75) is 44.5 Å². The molecule has 1 atom stereocenters. The van der Waals surface area contributed by atoms with Crippen molar-refractivity contribution in [1.82, 2.24) is 10.2 Å². The van der Waals surface area contributed by atoms with Crippen LogP contribution in [0.15, 0.2) is 24.3 Å². The molecule has 0 saturated carbocycles. The molecular formula is C17H25ClN2O. The molecule has 1 aromatic carbocycles. The van der Waals surface area contributed by atoms with E-state index in [1.165, 1.54) is 25.8 Å². The Bertz CT molecular complexity index is 447. The van der Waals surface area contributed by atoms with Crippen LogP contribution >= 0.6 is 11.6 Å². The molecule has 0 aromatic heterocycles. The molecule has 1 heterocycles. The molecule has 1 unspecified atom stereocenters. The highest BCUT2D eigenvalue weighted by atomic mass is 35.5. The highest BCUT2D eigenvalue weighted by molar-refractivity contribution is 6.17. The lowest BCUT2D eigenvalue weighted by Crippen LogP contribution is -2.39. The molecule has 0 aliphatic carbocycles. The molecule has 1 N–H and O–H groups in total. The Hall–Kier alpha value is -1.06. The fourth-order valence-corrected chi connectivity index (χ4v) is 3.00. The molecular weight excluding hydrogens is 284 g/mol. The second-order valence-corrected chi connectivity index (χ2v) is 6.09. The van der Waals surface area contributed by atoms with Gasteiger partial charge in [-0.15, -0.1) is 11.6 Å². The maximum Gasteiger partial charge on any atom is 0.251 e. The molecule has 0 bridgehead atoms. The van der Waals surface area contributed by atoms with Crippen molar-refractivity contribution >= 4 is 17.5 Å². The van der Waals surface area contributed by atoms with E-state index in [-0.39, 0.29) is 5.91 Å². The predicted octanol–water partition coefficient (Wildman–Crippen LogP) is 3.42. The van der Waals surface area contributed by atoms with Gasteiger partial charge in [0.2, 0.25) is 0 Å². The molecule has 2 rings (SSSR count). The van der Waals surface area contributed by atoms with Gasteiger partial charge in [-0.25, -0.2) is 0 Å². The zero-order valence-corrected chi connectivity index (χ0v) is 13.5. The quantitative estimate of drug-likeness (QED) is 0.645. The number of likely N-dealkylation sites (tertiary alicyclic amines) is 1. The molecule has 3 nitrogen and oxygen atoms in total. The minimum absolute atomic E-state index is 0.00261. The number of benzene rings is 1. The van der Waals surface area contributed by atoms with Crippen LogP contribution in [0.25, 0.3) is 0 Å². The third-order valence-electron chi connectivity index (χ3n) is 4.22. The minimum atomic E-state index is 0.00261. The van der Waals surface area contributed by atoms with E-state index in [0.29, 0.717) is 17.5 Å². The summed E-state index contributed by atoms with van der Waals surface area (Å²) in [7, 11) is 0. The molecule has 0 radical (unpaired) electrons. The maximum absolute atomic E-state index is 12.0. The van der Waals surface area contributed by atoms with Crippen LogP contribution in [0, 0.1) is 0 Å². The van der Waals surface area contributed by atoms with Crippen LogP contribution in [0.5, 0.6) is 0 Å². The SMILES string of the molecule is CC1CCCCN1CCCNC(=O)c1ccc(CCl)cc1. The van der Waals surface area contributed by atoms with Gasteiger partial charge in [-0.3, -0.25) is 4.79 Å². The van der Waals surface area contributed by atoms with E-state index in [9.17, 15) is 4.79 Å². The van der Waals surface area contributed by atoms with Crippen molar-refractivity contribution in [2.75, 3.05) is 19.6 Å². The van der Waals surface area contributed by atoms with Gasteiger partial charge in [0.05, 0.1) is 0 Å². The molecule has 1 saturated heterocycles. The second-order valence-electron chi connectivity index (χ2n) is 5.82. The zero-order chi connectivity index (χ0) is 15.1. The standard InChI is InChI=1S/C17H25ClN2O/c1-14-5-2-3-11-20(14)12-4-10-19-17(21)16-8-6-15(13-18)7-9-16/h6-9,14H,2-5,10-13H2,1H3,(H,19,21). The number of alkyl halides is 1. The van der Waals surface area contributed by atoms with Crippen LogP contribution in [-0.2, 0) is 5.88 Å². The van der Waals surface area contributed by atoms with Crippen molar-refractivity contribution < 1.29 is 4.79 Å². The number of hydrogen-bond acceptors (Lipinski definition) is 2. The van der Waals surface area contributed by atoms with Gasteiger partial charge in [0, 0.05) is 30.6 Å². The fraction of sp³-hybridized carbons (Fsp3) is 0.588. The number of carbonyl (C=O) groups is 1. The van der Waals surface area contributed by atoms with Crippen molar-refractivity contribution in [3.63, 3.8) is 0 Å². The Labute approximate surface area is 132 Å². The monoisotopic (exact) mass is 308 g/mol. The molecule has 0 spiro atoms. The van der Waals surface area contributed by atoms with Crippen LogP contribution in [0.3, 0.4) is 0 Å². The van der Waals surface area contributed by atoms with Crippen LogP contribution in [0.4, 0.5) is 0 Å². The third kappa shape index (κ3) is 5.01. The summed E-state index contributed by atoms with van der Waals surface area (Å²) >= 11 is 5.74. The van der Waals surface area contributed by atoms with Crippen LogP contribution in [0.2, 0.25) is 0 Å². The van der Waals surface area contributed by atoms with Crippen molar-refractivity contribution in [2.24, 2.45) is 0 Å². The number of amides is 1. The van der Waals surface area contributed by atoms with E-state index < -0.39 is 0 Å². The number of piperidine rings is 1. The normalized spacial score (nSPS) is 19.4. The first-order chi connectivity index (χ1) is 10.2. The Morgan fingerprint density at radius 1 is 1.33 bits per heavy atom. The molecule has 116 valence electrons. The average Bonchev–Trinajstić information content (AvgIpc) is 2.53. The van der Waals surface area contributed by atoms with Crippen LogP contribution in [-0.4, -0.2) is 36.5 Å². The highest BCUT2D eigenvalue weighted by Gasteiger charge is 2.17. The van der Waals surface area contributed by atoms with Gasteiger partial charge in [-0.1, -0.05) is 18.6 Å². The highest BCUT2D eigenvalue weighted by Crippen LogP contribution is 2.16. The number of rotatable bonds is 6. The lowest BCUT2D eigenvalue weighted by Gasteiger charge is -2.33. The van der Waals surface area contributed by atoms with Crippen molar-refractivity contribution in [3.05, 3.63) is 35.4 Å². The van der Waals surface area contributed by atoms with Gasteiger partial charge >= 0.3 is 0 Å².